The van der Waals surface area contributed by atoms with Gasteiger partial charge in [0.05, 0.1) is 13.2 Å². The van der Waals surface area contributed by atoms with Gasteiger partial charge in [-0.3, -0.25) is 0 Å². The molecule has 2 aromatic carbocycles. The number of thiocarbonyl (C=S) groups is 1. The molecule has 0 saturated heterocycles. The minimum absolute atomic E-state index is 0.535. The number of nitrogens with two attached hydrogens (primary N) is 1. The molecule has 1 atom stereocenters. The number of thioether (sulfide) groups is 1. The van der Waals surface area contributed by atoms with E-state index in [0.29, 0.717) is 18.3 Å². The fourth-order valence-corrected chi connectivity index (χ4v) is 6.00. The number of nitrogens with one attached hydrogen (secondary N) is 2. The third-order valence-electron chi connectivity index (χ3n) is 4.17. The molecule has 2 rings (SSSR count). The zero-order valence-corrected chi connectivity index (χ0v) is 24.4. The number of benzene rings is 2. The number of hydrogen-bond donors (Lipinski definition) is 3. The van der Waals surface area contributed by atoms with Crippen molar-refractivity contribution in [3.8, 4) is 11.5 Å². The van der Waals surface area contributed by atoms with E-state index in [1.54, 1.807) is 0 Å². The van der Waals surface area contributed by atoms with Crippen LogP contribution in [0.5, 0.6) is 11.5 Å². The van der Waals surface area contributed by atoms with Crippen LogP contribution in [-0.4, -0.2) is 56.4 Å². The number of ether oxygens (including phenoxy) is 2. The van der Waals surface area contributed by atoms with E-state index >= 15 is 0 Å². The first kappa shape index (κ1) is 28.9. The van der Waals surface area contributed by atoms with Crippen molar-refractivity contribution in [1.29, 1.82) is 0 Å². The monoisotopic (exact) mass is 583 g/mol. The molecule has 0 fully saturated rings. The first-order valence-corrected chi connectivity index (χ1v) is 14.5. The first-order chi connectivity index (χ1) is 15.5. The molecule has 0 saturated carbocycles. The molecule has 0 aliphatic heterocycles. The SMILES string of the molecule is CCOc1ccc(NC(=S)Nc2ccc(OCC)cc2)cc1.CCS[CH]([SnH])CCCCN. The van der Waals surface area contributed by atoms with Gasteiger partial charge in [0.1, 0.15) is 11.5 Å². The van der Waals surface area contributed by atoms with E-state index in [-0.39, 0.29) is 0 Å². The van der Waals surface area contributed by atoms with Crippen LogP contribution in [0.25, 0.3) is 0 Å². The van der Waals surface area contributed by atoms with Gasteiger partial charge in [0.25, 0.3) is 0 Å². The summed E-state index contributed by atoms with van der Waals surface area (Å²) in [6.07, 6.45) is 3.93. The topological polar surface area (TPSA) is 68.5 Å². The molecular formula is C24H37N3O2S2Sn. The Morgan fingerprint density at radius 2 is 1.38 bits per heavy atom. The molecule has 0 bridgehead atoms. The number of rotatable bonds is 12. The van der Waals surface area contributed by atoms with Crippen LogP contribution in [0.15, 0.2) is 48.5 Å². The molecule has 5 nitrogen and oxygen atoms in total. The second kappa shape index (κ2) is 18.3. The van der Waals surface area contributed by atoms with Gasteiger partial charge in [0, 0.05) is 11.4 Å². The first-order valence-electron chi connectivity index (χ1n) is 11.1. The van der Waals surface area contributed by atoms with Crippen LogP contribution in [0.4, 0.5) is 11.4 Å². The van der Waals surface area contributed by atoms with Gasteiger partial charge in [-0.2, -0.15) is 0 Å². The second-order valence-corrected chi connectivity index (χ2v) is 12.4. The van der Waals surface area contributed by atoms with E-state index in [4.69, 9.17) is 27.4 Å². The molecule has 176 valence electrons. The summed E-state index contributed by atoms with van der Waals surface area (Å²) in [4.78, 5) is 0. The van der Waals surface area contributed by atoms with Crippen molar-refractivity contribution in [3.63, 3.8) is 0 Å². The molecule has 0 aliphatic rings. The van der Waals surface area contributed by atoms with Gasteiger partial charge in [0.2, 0.25) is 0 Å². The average Bonchev–Trinajstić information content (AvgIpc) is 2.78. The average molecular weight is 582 g/mol. The van der Waals surface area contributed by atoms with Crippen molar-refractivity contribution in [2.24, 2.45) is 5.73 Å². The van der Waals surface area contributed by atoms with Gasteiger partial charge in [0.15, 0.2) is 5.11 Å². The molecule has 2 radical (unpaired) electrons. The van der Waals surface area contributed by atoms with Crippen LogP contribution < -0.4 is 25.8 Å². The molecule has 2 aromatic rings. The van der Waals surface area contributed by atoms with Crippen LogP contribution in [0, 0.1) is 0 Å². The van der Waals surface area contributed by atoms with E-state index < -0.39 is 0 Å². The standard InChI is InChI=1S/C17H20N2O2S.C7H16NS.Sn.H/c1-3-20-15-9-5-13(6-10-15)18-17(22)19-14-7-11-16(12-8-14)21-4-2;1-2-9-7-5-3-4-6-8;;/h5-12H,3-4H2,1-2H3,(H2,18,19,22);7H,2-6,8H2,1H3;;. The maximum atomic E-state index is 5.40. The van der Waals surface area contributed by atoms with Gasteiger partial charge in [-0.25, -0.2) is 0 Å². The summed E-state index contributed by atoms with van der Waals surface area (Å²) in [6, 6.07) is 15.3. The molecule has 32 heavy (non-hydrogen) atoms. The molecule has 0 amide bonds. The van der Waals surface area contributed by atoms with E-state index in [1.807, 2.05) is 62.4 Å². The van der Waals surface area contributed by atoms with Crippen molar-refractivity contribution in [2.75, 3.05) is 36.1 Å². The van der Waals surface area contributed by atoms with Crippen LogP contribution >= 0.6 is 24.0 Å². The quantitative estimate of drug-likeness (QED) is 0.176. The Hall–Kier alpha value is -1.16. The van der Waals surface area contributed by atoms with Gasteiger partial charge in [-0.05, 0) is 74.6 Å². The Morgan fingerprint density at radius 3 is 1.75 bits per heavy atom. The van der Waals surface area contributed by atoms with Crippen molar-refractivity contribution in [2.45, 2.75) is 43.3 Å². The van der Waals surface area contributed by atoms with Crippen molar-refractivity contribution in [1.82, 2.24) is 0 Å². The molecule has 0 aliphatic carbocycles. The summed E-state index contributed by atoms with van der Waals surface area (Å²) in [7, 11) is 0. The van der Waals surface area contributed by atoms with Crippen LogP contribution in [0.2, 0.25) is 0 Å². The number of hydrogen-bond acceptors (Lipinski definition) is 5. The van der Waals surface area contributed by atoms with E-state index in [0.717, 1.165) is 32.7 Å². The molecule has 0 aromatic heterocycles. The Kier molecular flexibility index (Phi) is 16.5. The zero-order chi connectivity index (χ0) is 23.6. The predicted molar refractivity (Wildman–Crippen MR) is 147 cm³/mol. The fourth-order valence-electron chi connectivity index (χ4n) is 2.68. The molecular weight excluding hydrogens is 545 g/mol. The van der Waals surface area contributed by atoms with Gasteiger partial charge < -0.3 is 20.1 Å². The summed E-state index contributed by atoms with van der Waals surface area (Å²) in [5.74, 6) is 2.96. The summed E-state index contributed by atoms with van der Waals surface area (Å²) >= 11 is 8.80. The molecule has 0 heterocycles. The van der Waals surface area contributed by atoms with Gasteiger partial charge >= 0.3 is 81.8 Å². The Morgan fingerprint density at radius 1 is 0.906 bits per heavy atom. The minimum atomic E-state index is 0.535. The zero-order valence-electron chi connectivity index (χ0n) is 19.4. The normalized spacial score (nSPS) is 11.0. The molecule has 1 unspecified atom stereocenters. The summed E-state index contributed by atoms with van der Waals surface area (Å²) < 4.78 is 11.8. The fraction of sp³-hybridized carbons (Fsp3) is 0.458. The Bertz CT molecular complexity index is 692. The second-order valence-electron chi connectivity index (χ2n) is 6.77. The Balaban J connectivity index is 0.000000433. The van der Waals surface area contributed by atoms with E-state index in [2.05, 4.69) is 29.3 Å². The number of unbranched alkanes of at least 4 members (excludes halogenated alkanes) is 1. The van der Waals surface area contributed by atoms with Crippen LogP contribution in [-0.2, 0) is 0 Å². The third-order valence-corrected chi connectivity index (χ3v) is 7.97. The third kappa shape index (κ3) is 13.4. The van der Waals surface area contributed by atoms with Gasteiger partial charge in [-0.1, -0.05) is 0 Å². The summed E-state index contributed by atoms with van der Waals surface area (Å²) in [5, 5.41) is 6.80. The molecule has 4 N–H and O–H groups in total. The van der Waals surface area contributed by atoms with E-state index in [9.17, 15) is 0 Å². The maximum absolute atomic E-state index is 5.40. The Labute approximate surface area is 216 Å². The summed E-state index contributed by atoms with van der Waals surface area (Å²) in [6.45, 7) is 8.33. The van der Waals surface area contributed by atoms with E-state index in [1.165, 1.54) is 47.5 Å². The van der Waals surface area contributed by atoms with Gasteiger partial charge in [-0.15, -0.1) is 0 Å². The van der Waals surface area contributed by atoms with Crippen LogP contribution in [0.1, 0.15) is 40.0 Å². The van der Waals surface area contributed by atoms with Crippen molar-refractivity contribution >= 4 is 63.0 Å². The van der Waals surface area contributed by atoms with Crippen LogP contribution in [0.3, 0.4) is 0 Å². The van der Waals surface area contributed by atoms with Crippen molar-refractivity contribution < 1.29 is 9.47 Å². The predicted octanol–water partition coefficient (Wildman–Crippen LogP) is 5.39. The molecule has 0 spiro atoms. The summed E-state index contributed by atoms with van der Waals surface area (Å²) in [5.41, 5.74) is 7.21. The van der Waals surface area contributed by atoms with Crippen molar-refractivity contribution in [3.05, 3.63) is 48.5 Å². The molecule has 8 heteroatoms. The number of anilines is 2.